The van der Waals surface area contributed by atoms with Gasteiger partial charge in [-0.1, -0.05) is 36.4 Å². The molecule has 2 amide bonds. The van der Waals surface area contributed by atoms with Crippen molar-refractivity contribution in [3.05, 3.63) is 83.2 Å². The van der Waals surface area contributed by atoms with E-state index >= 15 is 0 Å². The number of nitrogens with zero attached hydrogens (tertiary/aromatic N) is 1. The molecule has 162 valence electrons. The van der Waals surface area contributed by atoms with Gasteiger partial charge in [-0.05, 0) is 36.8 Å². The molecule has 0 bridgehead atoms. The third-order valence-electron chi connectivity index (χ3n) is 4.82. The highest BCUT2D eigenvalue weighted by Crippen LogP contribution is 2.28. The van der Waals surface area contributed by atoms with E-state index in [1.54, 1.807) is 24.3 Å². The summed E-state index contributed by atoms with van der Waals surface area (Å²) in [5.41, 5.74) is 2.88. The molecule has 0 saturated carbocycles. The Balaban J connectivity index is 1.44. The predicted octanol–water partition coefficient (Wildman–Crippen LogP) is 5.66. The maximum absolute atomic E-state index is 13.9. The van der Waals surface area contributed by atoms with Crippen molar-refractivity contribution >= 4 is 28.3 Å². The second-order valence-corrected chi connectivity index (χ2v) is 8.04. The zero-order chi connectivity index (χ0) is 22.7. The molecule has 0 spiro atoms. The van der Waals surface area contributed by atoms with Crippen LogP contribution in [0.1, 0.15) is 36.0 Å². The summed E-state index contributed by atoms with van der Waals surface area (Å²) < 4.78 is 19.5. The molecule has 1 atom stereocenters. The number of carbonyl (C=O) groups excluding carboxylic acids is 2. The number of thiazole rings is 1. The van der Waals surface area contributed by atoms with Crippen LogP contribution in [0.3, 0.4) is 0 Å². The van der Waals surface area contributed by atoms with Crippen molar-refractivity contribution < 1.29 is 18.4 Å². The fourth-order valence-electron chi connectivity index (χ4n) is 3.22. The normalized spacial score (nSPS) is 11.7. The maximum Gasteiger partial charge on any atom is 0.293 e. The van der Waals surface area contributed by atoms with Gasteiger partial charge in [-0.15, -0.1) is 11.3 Å². The van der Waals surface area contributed by atoms with E-state index in [4.69, 9.17) is 4.42 Å². The van der Waals surface area contributed by atoms with Crippen LogP contribution >= 0.6 is 11.3 Å². The minimum absolute atomic E-state index is 0.0660. The molecule has 32 heavy (non-hydrogen) atoms. The van der Waals surface area contributed by atoms with E-state index in [0.29, 0.717) is 10.7 Å². The van der Waals surface area contributed by atoms with Gasteiger partial charge in [-0.25, -0.2) is 9.37 Å². The molecular weight excluding hydrogens is 429 g/mol. The largest absolute Gasteiger partial charge is 0.451 e. The first-order valence-electron chi connectivity index (χ1n) is 9.90. The van der Waals surface area contributed by atoms with E-state index < -0.39 is 11.7 Å². The Bertz CT molecular complexity index is 1260. The topological polar surface area (TPSA) is 84.2 Å². The van der Waals surface area contributed by atoms with Gasteiger partial charge in [0.1, 0.15) is 11.6 Å². The highest BCUT2D eigenvalue weighted by molar-refractivity contribution is 7.14. The highest BCUT2D eigenvalue weighted by Gasteiger charge is 2.16. The lowest BCUT2D eigenvalue weighted by Crippen LogP contribution is -2.23. The Hall–Kier alpha value is -3.78. The summed E-state index contributed by atoms with van der Waals surface area (Å²) in [5.74, 6) is -0.624. The summed E-state index contributed by atoms with van der Waals surface area (Å²) in [7, 11) is 0. The fourth-order valence-corrected chi connectivity index (χ4v) is 3.93. The van der Waals surface area contributed by atoms with Crippen LogP contribution in [0.15, 0.2) is 70.5 Å². The molecule has 4 rings (SSSR count). The number of aromatic nitrogens is 1. The summed E-state index contributed by atoms with van der Waals surface area (Å²) in [5, 5.41) is 7.82. The molecule has 6 nitrogen and oxygen atoms in total. The molecule has 2 aromatic carbocycles. The van der Waals surface area contributed by atoms with Crippen molar-refractivity contribution in [3.63, 3.8) is 0 Å². The molecule has 2 N–H and O–H groups in total. The number of benzene rings is 2. The van der Waals surface area contributed by atoms with E-state index in [9.17, 15) is 14.0 Å². The SMILES string of the molecule is CC(=O)NC(C)c1ccc(-c2csc(NC(=O)c3ccc(-c4ccccc4F)o3)n2)cc1. The third-order valence-corrected chi connectivity index (χ3v) is 5.58. The first-order chi connectivity index (χ1) is 15.4. The minimum atomic E-state index is -0.465. The van der Waals surface area contributed by atoms with Gasteiger partial charge in [0.25, 0.3) is 5.91 Å². The molecular formula is C24H20FN3O3S. The number of anilines is 1. The standard InChI is InChI=1S/C24H20FN3O3S/c1-14(26-15(2)29)16-7-9-17(10-8-16)20-13-32-24(27-20)28-23(30)22-12-11-21(31-22)18-5-3-4-6-19(18)25/h3-14H,1-2H3,(H,26,29)(H,27,28,30). The van der Waals surface area contributed by atoms with Crippen molar-refractivity contribution in [3.8, 4) is 22.6 Å². The van der Waals surface area contributed by atoms with Gasteiger partial charge in [-0.3, -0.25) is 14.9 Å². The van der Waals surface area contributed by atoms with Crippen LogP contribution in [0, 0.1) is 5.82 Å². The first kappa shape index (κ1) is 21.5. The number of furan rings is 1. The molecule has 0 radical (unpaired) electrons. The summed E-state index contributed by atoms with van der Waals surface area (Å²) in [6.07, 6.45) is 0. The zero-order valence-corrected chi connectivity index (χ0v) is 18.2. The van der Waals surface area contributed by atoms with Crippen LogP contribution in [-0.4, -0.2) is 16.8 Å². The Morgan fingerprint density at radius 1 is 1.06 bits per heavy atom. The lowest BCUT2D eigenvalue weighted by atomic mass is 10.1. The molecule has 0 fully saturated rings. The Labute approximate surface area is 188 Å². The van der Waals surface area contributed by atoms with Gasteiger partial charge in [0.2, 0.25) is 5.91 Å². The van der Waals surface area contributed by atoms with Crippen LogP contribution in [0.5, 0.6) is 0 Å². The van der Waals surface area contributed by atoms with Gasteiger partial charge in [0.15, 0.2) is 10.9 Å². The fraction of sp³-hybridized carbons (Fsp3) is 0.125. The predicted molar refractivity (Wildman–Crippen MR) is 122 cm³/mol. The van der Waals surface area contributed by atoms with Crippen LogP contribution in [0.4, 0.5) is 9.52 Å². The molecule has 0 saturated heterocycles. The van der Waals surface area contributed by atoms with Gasteiger partial charge in [-0.2, -0.15) is 0 Å². The van der Waals surface area contributed by atoms with Crippen molar-refractivity contribution in [1.29, 1.82) is 0 Å². The molecule has 0 aliphatic carbocycles. The molecule has 8 heteroatoms. The maximum atomic E-state index is 13.9. The van der Waals surface area contributed by atoms with Crippen LogP contribution in [0.25, 0.3) is 22.6 Å². The summed E-state index contributed by atoms with van der Waals surface area (Å²) >= 11 is 1.29. The van der Waals surface area contributed by atoms with Crippen LogP contribution in [-0.2, 0) is 4.79 Å². The Kier molecular flexibility index (Phi) is 6.13. The number of carbonyl (C=O) groups is 2. The lowest BCUT2D eigenvalue weighted by molar-refractivity contribution is -0.119. The quantitative estimate of drug-likeness (QED) is 0.398. The van der Waals surface area contributed by atoms with Crippen LogP contribution < -0.4 is 10.6 Å². The smallest absolute Gasteiger partial charge is 0.293 e. The average molecular weight is 450 g/mol. The summed E-state index contributed by atoms with van der Waals surface area (Å²) in [6, 6.07) is 16.9. The second-order valence-electron chi connectivity index (χ2n) is 7.18. The van der Waals surface area contributed by atoms with Gasteiger partial charge >= 0.3 is 0 Å². The van der Waals surface area contributed by atoms with Gasteiger partial charge in [0.05, 0.1) is 17.3 Å². The lowest BCUT2D eigenvalue weighted by Gasteiger charge is -2.12. The third kappa shape index (κ3) is 4.76. The number of rotatable bonds is 6. The average Bonchev–Trinajstić information content (AvgIpc) is 3.44. The number of amides is 2. The van der Waals surface area contributed by atoms with Gasteiger partial charge < -0.3 is 9.73 Å². The number of hydrogen-bond donors (Lipinski definition) is 2. The van der Waals surface area contributed by atoms with Crippen LogP contribution in [0.2, 0.25) is 0 Å². The van der Waals surface area contributed by atoms with E-state index in [1.807, 2.05) is 36.6 Å². The monoisotopic (exact) mass is 449 g/mol. The zero-order valence-electron chi connectivity index (χ0n) is 17.4. The van der Waals surface area contributed by atoms with E-state index in [2.05, 4.69) is 15.6 Å². The van der Waals surface area contributed by atoms with E-state index in [1.165, 1.54) is 30.4 Å². The molecule has 2 heterocycles. The minimum Gasteiger partial charge on any atom is -0.451 e. The number of hydrogen-bond acceptors (Lipinski definition) is 5. The summed E-state index contributed by atoms with van der Waals surface area (Å²) in [4.78, 5) is 28.2. The van der Waals surface area contributed by atoms with E-state index in [-0.39, 0.29) is 23.5 Å². The Morgan fingerprint density at radius 3 is 2.53 bits per heavy atom. The molecule has 0 aliphatic rings. The van der Waals surface area contributed by atoms with E-state index in [0.717, 1.165) is 16.8 Å². The van der Waals surface area contributed by atoms with Crippen molar-refractivity contribution in [2.24, 2.45) is 0 Å². The highest BCUT2D eigenvalue weighted by atomic mass is 32.1. The number of nitrogens with one attached hydrogen (secondary N) is 2. The molecule has 2 aromatic heterocycles. The van der Waals surface area contributed by atoms with Crippen molar-refractivity contribution in [2.75, 3.05) is 5.32 Å². The molecule has 0 aliphatic heterocycles. The number of halogens is 1. The van der Waals surface area contributed by atoms with Crippen molar-refractivity contribution in [1.82, 2.24) is 10.3 Å². The second kappa shape index (κ2) is 9.15. The van der Waals surface area contributed by atoms with Gasteiger partial charge in [0, 0.05) is 17.9 Å². The molecule has 4 aromatic rings. The molecule has 1 unspecified atom stereocenters. The summed E-state index contributed by atoms with van der Waals surface area (Å²) in [6.45, 7) is 3.40. The first-order valence-corrected chi connectivity index (χ1v) is 10.8. The Morgan fingerprint density at radius 2 is 1.81 bits per heavy atom. The van der Waals surface area contributed by atoms with Crippen molar-refractivity contribution in [2.45, 2.75) is 19.9 Å².